The minimum absolute atomic E-state index is 0.0513. The fourth-order valence-electron chi connectivity index (χ4n) is 3.39. The summed E-state index contributed by atoms with van der Waals surface area (Å²) in [6.07, 6.45) is 3.50. The van der Waals surface area contributed by atoms with Crippen LogP contribution >= 0.6 is 0 Å². The van der Waals surface area contributed by atoms with Crippen LogP contribution < -0.4 is 16.4 Å². The molecule has 1 amide bonds. The highest BCUT2D eigenvalue weighted by Crippen LogP contribution is 2.37. The third-order valence-electron chi connectivity index (χ3n) is 4.55. The van der Waals surface area contributed by atoms with Gasteiger partial charge in [-0.2, -0.15) is 0 Å². The molecule has 6 heteroatoms. The number of anilines is 1. The molecule has 5 N–H and O–H groups in total. The van der Waals surface area contributed by atoms with Crippen LogP contribution in [0.15, 0.2) is 36.0 Å². The van der Waals surface area contributed by atoms with Gasteiger partial charge in [-0.1, -0.05) is 26.0 Å². The Balaban J connectivity index is 1.58. The molecule has 2 heterocycles. The monoisotopic (exact) mass is 342 g/mol. The smallest absolute Gasteiger partial charge is 0.271 e. The fourth-order valence-corrected chi connectivity index (χ4v) is 3.39. The highest BCUT2D eigenvalue weighted by Gasteiger charge is 2.41. The number of hydrogen-bond donors (Lipinski definition) is 4. The lowest BCUT2D eigenvalue weighted by atomic mass is 10.0. The standard InChI is InChI=1S/C19H26N4O2/c1-11(2)7-13(20)8-16(21)19(24)23-14-5-3-12(4-6-14)18-17-9-15(25-18)10-22-17/h3-6,8,11,15,17-18,20,22H,7,9-10,21H2,1-2H3,(H,23,24)/b16-8-,20-13?/t15-,17-,18+/m1/s1. The van der Waals surface area contributed by atoms with Crippen LogP contribution in [0.1, 0.15) is 38.4 Å². The highest BCUT2D eigenvalue weighted by atomic mass is 16.5. The van der Waals surface area contributed by atoms with E-state index >= 15 is 0 Å². The second-order valence-electron chi connectivity index (χ2n) is 7.23. The summed E-state index contributed by atoms with van der Waals surface area (Å²) in [7, 11) is 0. The summed E-state index contributed by atoms with van der Waals surface area (Å²) in [4.78, 5) is 12.1. The zero-order valence-corrected chi connectivity index (χ0v) is 14.7. The zero-order chi connectivity index (χ0) is 18.0. The minimum Gasteiger partial charge on any atom is -0.394 e. The van der Waals surface area contributed by atoms with E-state index in [1.165, 1.54) is 6.08 Å². The van der Waals surface area contributed by atoms with Gasteiger partial charge in [0.05, 0.1) is 17.9 Å². The first kappa shape index (κ1) is 17.6. The molecule has 0 unspecified atom stereocenters. The van der Waals surface area contributed by atoms with Crippen molar-refractivity contribution >= 4 is 17.3 Å². The number of rotatable bonds is 6. The minimum atomic E-state index is -0.390. The molecule has 0 spiro atoms. The summed E-state index contributed by atoms with van der Waals surface area (Å²) in [5.74, 6) is -0.0335. The first-order valence-corrected chi connectivity index (χ1v) is 8.77. The van der Waals surface area contributed by atoms with Gasteiger partial charge < -0.3 is 26.5 Å². The molecule has 0 radical (unpaired) electrons. The second kappa shape index (κ2) is 7.37. The van der Waals surface area contributed by atoms with Crippen LogP contribution in [0.25, 0.3) is 0 Å². The Labute approximate surface area is 148 Å². The van der Waals surface area contributed by atoms with E-state index in [2.05, 4.69) is 10.6 Å². The van der Waals surface area contributed by atoms with Gasteiger partial charge in [-0.3, -0.25) is 4.79 Å². The summed E-state index contributed by atoms with van der Waals surface area (Å²) in [5, 5.41) is 14.1. The SMILES string of the molecule is CC(C)CC(=N)/C=C(\N)C(=O)Nc1ccc([C@@H]2O[C@H]3CN[C@@H]2C3)cc1. The molecule has 0 aliphatic carbocycles. The van der Waals surface area contributed by atoms with E-state index in [1.807, 2.05) is 38.1 Å². The average Bonchev–Trinajstić information content (AvgIpc) is 3.17. The van der Waals surface area contributed by atoms with Crippen molar-refractivity contribution in [1.29, 1.82) is 5.41 Å². The molecule has 25 heavy (non-hydrogen) atoms. The Morgan fingerprint density at radius 1 is 1.44 bits per heavy atom. The van der Waals surface area contributed by atoms with Crippen molar-refractivity contribution in [2.75, 3.05) is 11.9 Å². The van der Waals surface area contributed by atoms with Gasteiger partial charge in [-0.05, 0) is 42.5 Å². The van der Waals surface area contributed by atoms with E-state index < -0.39 is 0 Å². The van der Waals surface area contributed by atoms with Gasteiger partial charge in [0.25, 0.3) is 5.91 Å². The number of ether oxygens (including phenoxy) is 1. The van der Waals surface area contributed by atoms with Crippen molar-refractivity contribution in [3.63, 3.8) is 0 Å². The summed E-state index contributed by atoms with van der Waals surface area (Å²) in [6.45, 7) is 4.98. The third-order valence-corrected chi connectivity index (χ3v) is 4.55. The molecule has 0 aromatic heterocycles. The van der Waals surface area contributed by atoms with Gasteiger partial charge in [0, 0.05) is 24.0 Å². The molecule has 2 aliphatic rings. The number of amides is 1. The summed E-state index contributed by atoms with van der Waals surface area (Å²) >= 11 is 0. The molecule has 1 aromatic carbocycles. The van der Waals surface area contributed by atoms with Crippen molar-refractivity contribution < 1.29 is 9.53 Å². The fraction of sp³-hybridized carbons (Fsp3) is 0.474. The normalized spacial score (nSPS) is 25.4. The molecular weight excluding hydrogens is 316 g/mol. The zero-order valence-electron chi connectivity index (χ0n) is 14.7. The van der Waals surface area contributed by atoms with E-state index in [0.29, 0.717) is 35.9 Å². The lowest BCUT2D eigenvalue weighted by Gasteiger charge is -2.23. The first-order valence-electron chi connectivity index (χ1n) is 8.77. The topological polar surface area (TPSA) is 100 Å². The van der Waals surface area contributed by atoms with Crippen molar-refractivity contribution in [3.05, 3.63) is 41.6 Å². The van der Waals surface area contributed by atoms with E-state index in [0.717, 1.165) is 18.5 Å². The predicted molar refractivity (Wildman–Crippen MR) is 98.5 cm³/mol. The molecule has 3 rings (SSSR count). The van der Waals surface area contributed by atoms with Crippen LogP contribution in [0.3, 0.4) is 0 Å². The highest BCUT2D eigenvalue weighted by molar-refractivity contribution is 6.07. The van der Waals surface area contributed by atoms with E-state index in [4.69, 9.17) is 15.9 Å². The van der Waals surface area contributed by atoms with Gasteiger partial charge in [0.15, 0.2) is 0 Å². The molecule has 2 saturated heterocycles. The summed E-state index contributed by atoms with van der Waals surface area (Å²) < 4.78 is 5.98. The Morgan fingerprint density at radius 2 is 2.16 bits per heavy atom. The Hall–Kier alpha value is -2.18. The lowest BCUT2D eigenvalue weighted by molar-refractivity contribution is -0.112. The Kier molecular flexibility index (Phi) is 5.20. The second-order valence-corrected chi connectivity index (χ2v) is 7.23. The van der Waals surface area contributed by atoms with Crippen molar-refractivity contribution in [2.45, 2.75) is 44.9 Å². The maximum atomic E-state index is 12.1. The molecule has 0 saturated carbocycles. The van der Waals surface area contributed by atoms with Gasteiger partial charge >= 0.3 is 0 Å². The third kappa shape index (κ3) is 4.27. The van der Waals surface area contributed by atoms with Gasteiger partial charge in [0.1, 0.15) is 0 Å². The van der Waals surface area contributed by atoms with Crippen LogP contribution in [0.5, 0.6) is 0 Å². The van der Waals surface area contributed by atoms with Gasteiger partial charge in [0.2, 0.25) is 0 Å². The van der Waals surface area contributed by atoms with E-state index in [1.54, 1.807) is 0 Å². The number of fused-ring (bicyclic) bond motifs is 2. The molecule has 2 bridgehead atoms. The number of hydrogen-bond acceptors (Lipinski definition) is 5. The maximum absolute atomic E-state index is 12.1. The van der Waals surface area contributed by atoms with Crippen LogP contribution in [-0.4, -0.2) is 30.3 Å². The van der Waals surface area contributed by atoms with E-state index in [9.17, 15) is 4.79 Å². The van der Waals surface area contributed by atoms with Crippen LogP contribution in [0.4, 0.5) is 5.69 Å². The van der Waals surface area contributed by atoms with Crippen molar-refractivity contribution in [2.24, 2.45) is 11.7 Å². The predicted octanol–water partition coefficient (Wildman–Crippen LogP) is 2.34. The summed E-state index contributed by atoms with van der Waals surface area (Å²) in [5.41, 5.74) is 7.99. The largest absolute Gasteiger partial charge is 0.394 e. The maximum Gasteiger partial charge on any atom is 0.271 e. The van der Waals surface area contributed by atoms with E-state index in [-0.39, 0.29) is 17.7 Å². The van der Waals surface area contributed by atoms with Crippen molar-refractivity contribution in [3.8, 4) is 0 Å². The van der Waals surface area contributed by atoms with Crippen LogP contribution in [0, 0.1) is 11.3 Å². The van der Waals surface area contributed by atoms with Crippen LogP contribution in [-0.2, 0) is 9.53 Å². The number of nitrogens with two attached hydrogens (primary N) is 1. The Bertz CT molecular complexity index is 681. The number of allylic oxidation sites excluding steroid dienone is 1. The number of morpholine rings is 1. The molecular formula is C19H26N4O2. The number of nitrogens with one attached hydrogen (secondary N) is 3. The first-order chi connectivity index (χ1) is 11.9. The average molecular weight is 342 g/mol. The lowest BCUT2D eigenvalue weighted by Crippen LogP contribution is -2.33. The molecule has 2 aliphatic heterocycles. The molecule has 134 valence electrons. The number of benzene rings is 1. The number of carbonyl (C=O) groups is 1. The quantitative estimate of drug-likeness (QED) is 0.471. The van der Waals surface area contributed by atoms with Gasteiger partial charge in [-0.15, -0.1) is 0 Å². The molecule has 2 fully saturated rings. The van der Waals surface area contributed by atoms with Crippen molar-refractivity contribution in [1.82, 2.24) is 5.32 Å². The summed E-state index contributed by atoms with van der Waals surface area (Å²) in [6, 6.07) is 8.05. The molecule has 3 atom stereocenters. The Morgan fingerprint density at radius 3 is 2.72 bits per heavy atom. The van der Waals surface area contributed by atoms with Gasteiger partial charge in [-0.25, -0.2) is 0 Å². The van der Waals surface area contributed by atoms with Crippen LogP contribution in [0.2, 0.25) is 0 Å². The number of carbonyl (C=O) groups excluding carboxylic acids is 1. The molecule has 1 aromatic rings. The molecule has 6 nitrogen and oxygen atoms in total.